The van der Waals surface area contributed by atoms with Crippen LogP contribution in [0, 0.1) is 23.7 Å². The Kier molecular flexibility index (Phi) is 9.08. The molecule has 0 bridgehead atoms. The Morgan fingerprint density at radius 3 is 2.52 bits per heavy atom. The van der Waals surface area contributed by atoms with Crippen LogP contribution in [0.15, 0.2) is 28.7 Å². The van der Waals surface area contributed by atoms with Crippen LogP contribution in [0.1, 0.15) is 81.7 Å². The van der Waals surface area contributed by atoms with Crippen LogP contribution in [0.25, 0.3) is 11.0 Å². The number of hydrogen-bond acceptors (Lipinski definition) is 6. The van der Waals surface area contributed by atoms with E-state index in [4.69, 9.17) is 14.9 Å². The van der Waals surface area contributed by atoms with Crippen molar-refractivity contribution in [2.24, 2.45) is 29.4 Å². The van der Waals surface area contributed by atoms with Gasteiger partial charge < -0.3 is 25.1 Å². The van der Waals surface area contributed by atoms with Crippen molar-refractivity contribution < 1.29 is 27.9 Å². The molecule has 2 heterocycles. The summed E-state index contributed by atoms with van der Waals surface area (Å²) in [6.45, 7) is 2.04. The molecule has 1 aromatic heterocycles. The summed E-state index contributed by atoms with van der Waals surface area (Å²) in [6.07, 6.45) is 9.47. The molecule has 1 aromatic carbocycles. The monoisotopic (exact) mass is 555 g/mol. The van der Waals surface area contributed by atoms with Gasteiger partial charge in [-0.25, -0.2) is 9.18 Å². The number of amides is 2. The highest BCUT2D eigenvalue weighted by Crippen LogP contribution is 2.41. The second-order valence-corrected chi connectivity index (χ2v) is 11.8. The molecular weight excluding hydrogens is 513 g/mol. The first-order valence-corrected chi connectivity index (χ1v) is 15.0. The van der Waals surface area contributed by atoms with E-state index < -0.39 is 24.7 Å². The molecule has 3 fully saturated rings. The SMILES string of the molecule is CCOC(=O)c1cc2cc(NC(=O)[C@@H]3[C@H](C4CCCCC4)CCN3C(=O)[C@H]3CC[C@H](C(N)CF)CC3)ccc2o1. The van der Waals surface area contributed by atoms with Crippen molar-refractivity contribution in [3.8, 4) is 0 Å². The quantitative estimate of drug-likeness (QED) is 0.419. The maximum Gasteiger partial charge on any atom is 0.374 e. The van der Waals surface area contributed by atoms with E-state index in [1.165, 1.54) is 19.3 Å². The lowest BCUT2D eigenvalue weighted by atomic mass is 9.76. The number of carbonyl (C=O) groups excluding carboxylic acids is 3. The molecule has 1 unspecified atom stereocenters. The Morgan fingerprint density at radius 2 is 1.82 bits per heavy atom. The van der Waals surface area contributed by atoms with Gasteiger partial charge in [0.25, 0.3) is 0 Å². The normalized spacial score (nSPS) is 26.5. The summed E-state index contributed by atoms with van der Waals surface area (Å²) >= 11 is 0. The van der Waals surface area contributed by atoms with Crippen LogP contribution >= 0.6 is 0 Å². The van der Waals surface area contributed by atoms with Crippen molar-refractivity contribution in [2.45, 2.75) is 83.2 Å². The lowest BCUT2D eigenvalue weighted by molar-refractivity contribution is -0.142. The average molecular weight is 556 g/mol. The number of rotatable bonds is 8. The number of hydrogen-bond donors (Lipinski definition) is 2. The van der Waals surface area contributed by atoms with Crippen LogP contribution in [0.2, 0.25) is 0 Å². The van der Waals surface area contributed by atoms with E-state index in [9.17, 15) is 18.8 Å². The second kappa shape index (κ2) is 12.7. The van der Waals surface area contributed by atoms with Gasteiger partial charge in [-0.1, -0.05) is 32.1 Å². The number of anilines is 1. The number of benzene rings is 1. The summed E-state index contributed by atoms with van der Waals surface area (Å²) < 4.78 is 23.7. The number of nitrogens with one attached hydrogen (secondary N) is 1. The molecule has 3 N–H and O–H groups in total. The average Bonchev–Trinajstić information content (AvgIpc) is 3.62. The largest absolute Gasteiger partial charge is 0.460 e. The van der Waals surface area contributed by atoms with E-state index in [-0.39, 0.29) is 41.9 Å². The zero-order valence-corrected chi connectivity index (χ0v) is 23.4. The molecule has 5 rings (SSSR count). The van der Waals surface area contributed by atoms with Gasteiger partial charge in [0, 0.05) is 29.6 Å². The zero-order valence-electron chi connectivity index (χ0n) is 23.4. The Labute approximate surface area is 235 Å². The van der Waals surface area contributed by atoms with Crippen molar-refractivity contribution >= 4 is 34.4 Å². The van der Waals surface area contributed by atoms with E-state index in [2.05, 4.69) is 5.32 Å². The minimum atomic E-state index is -0.532. The van der Waals surface area contributed by atoms with Crippen LogP contribution in [0.5, 0.6) is 0 Å². The van der Waals surface area contributed by atoms with E-state index >= 15 is 0 Å². The molecule has 2 aliphatic carbocycles. The second-order valence-electron chi connectivity index (χ2n) is 11.8. The minimum absolute atomic E-state index is 0.0510. The van der Waals surface area contributed by atoms with Gasteiger partial charge >= 0.3 is 5.97 Å². The third kappa shape index (κ3) is 6.04. The van der Waals surface area contributed by atoms with Gasteiger partial charge in [0.05, 0.1) is 6.61 Å². The summed E-state index contributed by atoms with van der Waals surface area (Å²) in [6, 6.07) is 5.90. The van der Waals surface area contributed by atoms with Crippen LogP contribution in [-0.4, -0.2) is 54.6 Å². The molecule has 218 valence electrons. The number of nitrogens with zero attached hydrogens (tertiary/aromatic N) is 1. The highest BCUT2D eigenvalue weighted by Gasteiger charge is 2.47. The molecule has 3 atom stereocenters. The number of halogens is 1. The Hall–Kier alpha value is -2.94. The molecule has 0 radical (unpaired) electrons. The van der Waals surface area contributed by atoms with E-state index in [0.29, 0.717) is 42.0 Å². The van der Waals surface area contributed by atoms with Crippen LogP contribution in [0.3, 0.4) is 0 Å². The molecule has 2 amide bonds. The fraction of sp³-hybridized carbons (Fsp3) is 0.645. The Morgan fingerprint density at radius 1 is 1.07 bits per heavy atom. The predicted molar refractivity (Wildman–Crippen MR) is 150 cm³/mol. The standard InChI is InChI=1S/C31H42FN3O5/c1-2-39-31(38)27-17-22-16-23(12-13-26(22)40-27)34-29(36)28-24(19-6-4-3-5-7-19)14-15-35(28)30(37)21-10-8-20(9-11-21)25(33)18-32/h12-13,16-17,19-21,24-25,28H,2-11,14-15,18,33H2,1H3,(H,34,36)/t20-,21-,24-,25?,28-/m0/s1. The van der Waals surface area contributed by atoms with Gasteiger partial charge in [-0.05, 0) is 81.0 Å². The summed E-state index contributed by atoms with van der Waals surface area (Å²) in [5.74, 6) is 0.0135. The summed E-state index contributed by atoms with van der Waals surface area (Å²) in [7, 11) is 0. The highest BCUT2D eigenvalue weighted by atomic mass is 19.1. The van der Waals surface area contributed by atoms with Gasteiger partial charge in [0.15, 0.2) is 0 Å². The number of ether oxygens (including phenoxy) is 1. The smallest absolute Gasteiger partial charge is 0.374 e. The van der Waals surface area contributed by atoms with Gasteiger partial charge in [-0.15, -0.1) is 0 Å². The summed E-state index contributed by atoms with van der Waals surface area (Å²) in [5.41, 5.74) is 7.06. The van der Waals surface area contributed by atoms with Crippen LogP contribution < -0.4 is 11.1 Å². The topological polar surface area (TPSA) is 115 Å². The maximum absolute atomic E-state index is 13.9. The first-order chi connectivity index (χ1) is 19.4. The number of alkyl halides is 1. The molecule has 40 heavy (non-hydrogen) atoms. The van der Waals surface area contributed by atoms with E-state index in [1.807, 2.05) is 4.90 Å². The van der Waals surface area contributed by atoms with Crippen LogP contribution in [-0.2, 0) is 14.3 Å². The third-order valence-corrected chi connectivity index (χ3v) is 9.42. The van der Waals surface area contributed by atoms with E-state index in [0.717, 1.165) is 32.1 Å². The number of likely N-dealkylation sites (tertiary alicyclic amines) is 1. The van der Waals surface area contributed by atoms with Crippen molar-refractivity contribution in [2.75, 3.05) is 25.1 Å². The number of fused-ring (bicyclic) bond motifs is 1. The maximum atomic E-state index is 13.9. The summed E-state index contributed by atoms with van der Waals surface area (Å²) in [4.78, 5) is 41.7. The molecular formula is C31H42FN3O5. The number of carbonyl (C=O) groups is 3. The Bertz CT molecular complexity index is 1200. The van der Waals surface area contributed by atoms with Crippen molar-refractivity contribution in [3.63, 3.8) is 0 Å². The van der Waals surface area contributed by atoms with Gasteiger partial charge in [-0.3, -0.25) is 9.59 Å². The fourth-order valence-electron chi connectivity index (χ4n) is 7.25. The van der Waals surface area contributed by atoms with Crippen molar-refractivity contribution in [1.29, 1.82) is 0 Å². The number of furan rings is 1. The lowest BCUT2D eigenvalue weighted by Crippen LogP contribution is -2.50. The van der Waals surface area contributed by atoms with Gasteiger partial charge in [0.2, 0.25) is 17.6 Å². The molecule has 0 spiro atoms. The Balaban J connectivity index is 1.33. The van der Waals surface area contributed by atoms with Gasteiger partial charge in [-0.2, -0.15) is 0 Å². The minimum Gasteiger partial charge on any atom is -0.460 e. The first-order valence-electron chi connectivity index (χ1n) is 15.0. The number of esters is 1. The molecule has 3 aliphatic rings. The van der Waals surface area contributed by atoms with Crippen molar-refractivity contribution in [3.05, 3.63) is 30.0 Å². The molecule has 2 saturated carbocycles. The lowest BCUT2D eigenvalue weighted by Gasteiger charge is -2.36. The zero-order chi connectivity index (χ0) is 28.2. The molecule has 8 nitrogen and oxygen atoms in total. The van der Waals surface area contributed by atoms with Gasteiger partial charge in [0.1, 0.15) is 18.3 Å². The van der Waals surface area contributed by atoms with Crippen molar-refractivity contribution in [1.82, 2.24) is 4.90 Å². The van der Waals surface area contributed by atoms with E-state index in [1.54, 1.807) is 31.2 Å². The predicted octanol–water partition coefficient (Wildman–Crippen LogP) is 5.45. The molecule has 2 aromatic rings. The highest BCUT2D eigenvalue weighted by molar-refractivity contribution is 6.00. The third-order valence-electron chi connectivity index (χ3n) is 9.42. The molecule has 1 saturated heterocycles. The first kappa shape index (κ1) is 28.6. The summed E-state index contributed by atoms with van der Waals surface area (Å²) in [5, 5.41) is 3.76. The van der Waals surface area contributed by atoms with Crippen LogP contribution in [0.4, 0.5) is 10.1 Å². The number of nitrogens with two attached hydrogens (primary N) is 1. The fourth-order valence-corrected chi connectivity index (χ4v) is 7.25. The molecule has 9 heteroatoms. The molecule has 1 aliphatic heterocycles.